The van der Waals surface area contributed by atoms with Crippen LogP contribution in [0.5, 0.6) is 0 Å². The lowest BCUT2D eigenvalue weighted by atomic mass is 9.94. The molecule has 0 fully saturated rings. The van der Waals surface area contributed by atoms with Gasteiger partial charge in [0.25, 0.3) is 0 Å². The van der Waals surface area contributed by atoms with Crippen molar-refractivity contribution in [3.63, 3.8) is 0 Å². The number of nitrogens with zero attached hydrogens (tertiary/aromatic N) is 4. The fraction of sp³-hybridized carbons (Fsp3) is 0.0769. The molecule has 0 saturated carbocycles. The predicted molar refractivity (Wildman–Crippen MR) is 239 cm³/mol. The highest BCUT2D eigenvalue weighted by molar-refractivity contribution is 6.12. The highest BCUT2D eigenvalue weighted by atomic mass is 15.0. The van der Waals surface area contributed by atoms with Crippen LogP contribution in [0.3, 0.4) is 0 Å². The number of rotatable bonds is 7. The second kappa shape index (κ2) is 14.4. The summed E-state index contributed by atoms with van der Waals surface area (Å²) < 4.78 is 4.85. The summed E-state index contributed by atoms with van der Waals surface area (Å²) in [7, 11) is 0. The Morgan fingerprint density at radius 2 is 1.04 bits per heavy atom. The smallest absolute Gasteiger partial charge is 0.162 e. The Labute approximate surface area is 332 Å². The average molecular weight is 736 g/mol. The van der Waals surface area contributed by atoms with Crippen LogP contribution in [-0.2, 0) is 12.8 Å². The topological polar surface area (TPSA) is 60.6 Å². The van der Waals surface area contributed by atoms with Crippen molar-refractivity contribution in [3.05, 3.63) is 210 Å². The van der Waals surface area contributed by atoms with Crippen LogP contribution in [0.2, 0.25) is 0 Å². The maximum atomic E-state index is 6.46. The van der Waals surface area contributed by atoms with Crippen molar-refractivity contribution in [2.75, 3.05) is 0 Å². The Balaban J connectivity index is 1.01. The zero-order valence-corrected chi connectivity index (χ0v) is 31.6. The molecule has 10 rings (SSSR count). The Morgan fingerprint density at radius 3 is 1.75 bits per heavy atom. The summed E-state index contributed by atoms with van der Waals surface area (Å²) >= 11 is 0. The van der Waals surface area contributed by atoms with Crippen molar-refractivity contribution in [2.24, 2.45) is 15.7 Å². The van der Waals surface area contributed by atoms with Crippen LogP contribution in [-0.4, -0.2) is 20.8 Å². The van der Waals surface area contributed by atoms with Crippen molar-refractivity contribution in [3.8, 4) is 22.5 Å². The van der Waals surface area contributed by atoms with Crippen molar-refractivity contribution in [2.45, 2.75) is 25.7 Å². The van der Waals surface area contributed by atoms with Gasteiger partial charge in [-0.3, -0.25) is 0 Å². The zero-order valence-electron chi connectivity index (χ0n) is 31.6. The van der Waals surface area contributed by atoms with Crippen LogP contribution in [0.25, 0.3) is 60.9 Å². The van der Waals surface area contributed by atoms with E-state index >= 15 is 0 Å². The Morgan fingerprint density at radius 1 is 0.474 bits per heavy atom. The normalized spacial score (nSPS) is 13.3. The second-order valence-corrected chi connectivity index (χ2v) is 14.8. The summed E-state index contributed by atoms with van der Waals surface area (Å²) in [5, 5.41) is 3.87. The molecule has 7 aromatic carbocycles. The fourth-order valence-corrected chi connectivity index (χ4v) is 8.55. The molecule has 1 aliphatic carbocycles. The maximum Gasteiger partial charge on any atom is 0.162 e. The van der Waals surface area contributed by atoms with Crippen LogP contribution < -0.4 is 5.73 Å². The van der Waals surface area contributed by atoms with Gasteiger partial charge in [-0.25, -0.2) is 9.98 Å². The van der Waals surface area contributed by atoms with Gasteiger partial charge in [-0.2, -0.15) is 0 Å². The summed E-state index contributed by atoms with van der Waals surface area (Å²) in [6, 6.07) is 61.7. The molecule has 0 amide bonds. The number of nitrogens with two attached hydrogens (primary N) is 1. The minimum atomic E-state index is 0.407. The predicted octanol–water partition coefficient (Wildman–Crippen LogP) is 12.1. The Kier molecular flexibility index (Phi) is 8.68. The summed E-state index contributed by atoms with van der Waals surface area (Å²) in [5.74, 6) is 0.929. The average Bonchev–Trinajstić information content (AvgIpc) is 3.79. The number of fused-ring (bicyclic) bond motifs is 6. The molecular weight excluding hydrogens is 695 g/mol. The molecule has 0 spiro atoms. The standard InChI is InChI=1S/C52H41N5/c1-35(54-52(38-17-7-3-8-18-38)55-51(53)37-15-5-2-6-16-37)36-25-29-42(30-26-36)57-48-24-14-12-22-44(48)46-34-40(28-32-50(46)57)39-27-31-49-45(33-39)43-21-11-13-23-47(43)56(49)41-19-9-4-10-20-41/h2-11,13,15-21,23,25-34H,1,12,14,22,24H2,(H2,53,54,55). The number of hydrogen-bond donors (Lipinski definition) is 1. The summed E-state index contributed by atoms with van der Waals surface area (Å²) in [4.78, 5) is 9.70. The molecular formula is C52H41N5. The first-order chi connectivity index (χ1) is 28.1. The molecule has 2 aromatic heterocycles. The molecule has 0 aliphatic heterocycles. The van der Waals surface area contributed by atoms with E-state index in [1.54, 1.807) is 0 Å². The van der Waals surface area contributed by atoms with Gasteiger partial charge < -0.3 is 14.9 Å². The highest BCUT2D eigenvalue weighted by Crippen LogP contribution is 2.39. The number of amidine groups is 2. The van der Waals surface area contributed by atoms with E-state index in [0.717, 1.165) is 35.2 Å². The molecule has 274 valence electrons. The lowest BCUT2D eigenvalue weighted by molar-refractivity contribution is 0.667. The van der Waals surface area contributed by atoms with E-state index < -0.39 is 0 Å². The molecule has 0 radical (unpaired) electrons. The third kappa shape index (κ3) is 6.24. The van der Waals surface area contributed by atoms with Gasteiger partial charge >= 0.3 is 0 Å². The van der Waals surface area contributed by atoms with Crippen molar-refractivity contribution >= 4 is 50.1 Å². The van der Waals surface area contributed by atoms with E-state index in [4.69, 9.17) is 15.7 Å². The quantitative estimate of drug-likeness (QED) is 0.129. The van der Waals surface area contributed by atoms with Gasteiger partial charge in [0.2, 0.25) is 0 Å². The molecule has 5 nitrogen and oxygen atoms in total. The lowest BCUT2D eigenvalue weighted by Gasteiger charge is -2.16. The summed E-state index contributed by atoms with van der Waals surface area (Å²) in [6.07, 6.45) is 4.55. The molecule has 9 aromatic rings. The van der Waals surface area contributed by atoms with Gasteiger partial charge in [0, 0.05) is 44.4 Å². The van der Waals surface area contributed by atoms with E-state index in [1.165, 1.54) is 73.6 Å². The minimum Gasteiger partial charge on any atom is -0.383 e. The first-order valence-electron chi connectivity index (χ1n) is 19.7. The Bertz CT molecular complexity index is 3000. The van der Waals surface area contributed by atoms with E-state index in [-0.39, 0.29) is 0 Å². The molecule has 57 heavy (non-hydrogen) atoms. The van der Waals surface area contributed by atoms with E-state index in [2.05, 4.69) is 131 Å². The van der Waals surface area contributed by atoms with Crippen LogP contribution in [0.1, 0.15) is 40.8 Å². The van der Waals surface area contributed by atoms with Gasteiger partial charge in [-0.15, -0.1) is 0 Å². The first kappa shape index (κ1) is 34.3. The van der Waals surface area contributed by atoms with Gasteiger partial charge in [-0.1, -0.05) is 128 Å². The van der Waals surface area contributed by atoms with Crippen LogP contribution in [0.4, 0.5) is 0 Å². The van der Waals surface area contributed by atoms with Gasteiger partial charge in [0.15, 0.2) is 5.84 Å². The van der Waals surface area contributed by atoms with E-state index in [0.29, 0.717) is 17.4 Å². The first-order valence-corrected chi connectivity index (χ1v) is 19.7. The minimum absolute atomic E-state index is 0.407. The van der Waals surface area contributed by atoms with Gasteiger partial charge in [0.1, 0.15) is 5.84 Å². The molecule has 2 heterocycles. The number of aliphatic imine (C=N–C) groups is 2. The number of benzene rings is 7. The van der Waals surface area contributed by atoms with Crippen LogP contribution >= 0.6 is 0 Å². The van der Waals surface area contributed by atoms with E-state index in [1.807, 2.05) is 60.7 Å². The number of hydrogen-bond acceptors (Lipinski definition) is 1. The SMILES string of the molecule is C=C(N=C(N=C(N)c1ccccc1)c1ccccc1)c1ccc(-n2c3c(c4cc(-c5ccc6c(c5)c5ccccc5n6-c5ccccc5)ccc42)CCCC3)cc1. The molecule has 5 heteroatoms. The molecule has 2 N–H and O–H groups in total. The third-order valence-corrected chi connectivity index (χ3v) is 11.3. The molecule has 0 unspecified atom stereocenters. The largest absolute Gasteiger partial charge is 0.383 e. The van der Waals surface area contributed by atoms with Crippen molar-refractivity contribution in [1.82, 2.24) is 9.13 Å². The third-order valence-electron chi connectivity index (χ3n) is 11.3. The van der Waals surface area contributed by atoms with Crippen molar-refractivity contribution in [1.29, 1.82) is 0 Å². The number of aromatic nitrogens is 2. The number of para-hydroxylation sites is 2. The summed E-state index contributed by atoms with van der Waals surface area (Å²) in [5.41, 5.74) is 21.1. The zero-order chi connectivity index (χ0) is 38.3. The maximum absolute atomic E-state index is 6.46. The number of aryl methyl sites for hydroxylation is 1. The fourth-order valence-electron chi connectivity index (χ4n) is 8.55. The monoisotopic (exact) mass is 735 g/mol. The van der Waals surface area contributed by atoms with Crippen LogP contribution in [0.15, 0.2) is 192 Å². The molecule has 0 saturated heterocycles. The molecule has 0 bridgehead atoms. The van der Waals surface area contributed by atoms with Gasteiger partial charge in [-0.05, 0) is 103 Å². The van der Waals surface area contributed by atoms with Gasteiger partial charge in [0.05, 0.1) is 22.2 Å². The Hall–Kier alpha value is -7.24. The lowest BCUT2D eigenvalue weighted by Crippen LogP contribution is -2.16. The molecule has 0 atom stereocenters. The second-order valence-electron chi connectivity index (χ2n) is 14.8. The molecule has 1 aliphatic rings. The summed E-state index contributed by atoms with van der Waals surface area (Å²) in [6.45, 7) is 4.37. The van der Waals surface area contributed by atoms with Crippen molar-refractivity contribution < 1.29 is 0 Å². The highest BCUT2D eigenvalue weighted by Gasteiger charge is 2.22. The van der Waals surface area contributed by atoms with E-state index in [9.17, 15) is 0 Å². The van der Waals surface area contributed by atoms with Crippen LogP contribution in [0, 0.1) is 0 Å².